The summed E-state index contributed by atoms with van der Waals surface area (Å²) in [5.41, 5.74) is 2.18. The van der Waals surface area contributed by atoms with Gasteiger partial charge in [0.2, 0.25) is 5.91 Å². The molecule has 0 unspecified atom stereocenters. The second-order valence-corrected chi connectivity index (χ2v) is 6.99. The van der Waals surface area contributed by atoms with E-state index < -0.39 is 0 Å². The maximum Gasteiger partial charge on any atom is 0.235 e. The van der Waals surface area contributed by atoms with Gasteiger partial charge in [0, 0.05) is 12.6 Å². The molecule has 0 saturated heterocycles. The van der Waals surface area contributed by atoms with Crippen LogP contribution in [0.2, 0.25) is 0 Å². The lowest BCUT2D eigenvalue weighted by Crippen LogP contribution is -2.15. The van der Waals surface area contributed by atoms with Crippen LogP contribution in [0.4, 0.5) is 10.2 Å². The molecule has 4 rings (SSSR count). The summed E-state index contributed by atoms with van der Waals surface area (Å²) in [5.74, 6) is 1.75. The number of aromatic nitrogens is 2. The van der Waals surface area contributed by atoms with Gasteiger partial charge in [0.15, 0.2) is 0 Å². The first-order chi connectivity index (χ1) is 12.0. The monoisotopic (exact) mass is 357 g/mol. The molecule has 0 spiro atoms. The van der Waals surface area contributed by atoms with Crippen molar-refractivity contribution >= 4 is 23.5 Å². The van der Waals surface area contributed by atoms with Crippen LogP contribution in [0, 0.1) is 12.7 Å². The Bertz CT molecular complexity index is 963. The Labute approximate surface area is 148 Å². The molecule has 3 heterocycles. The lowest BCUT2D eigenvalue weighted by atomic mass is 10.1. The number of amides is 1. The number of hydrogen-bond donors (Lipinski definition) is 1. The van der Waals surface area contributed by atoms with Crippen molar-refractivity contribution in [1.29, 1.82) is 0 Å². The minimum absolute atomic E-state index is 0.0716. The summed E-state index contributed by atoms with van der Waals surface area (Å²) < 4.78 is 21.7. The van der Waals surface area contributed by atoms with E-state index in [2.05, 4.69) is 10.4 Å². The van der Waals surface area contributed by atoms with E-state index in [0.29, 0.717) is 28.7 Å². The molecule has 3 aromatic rings. The van der Waals surface area contributed by atoms with Gasteiger partial charge in [-0.3, -0.25) is 9.48 Å². The molecule has 1 N–H and O–H groups in total. The van der Waals surface area contributed by atoms with E-state index in [-0.39, 0.29) is 17.0 Å². The largest absolute Gasteiger partial charge is 0.459 e. The van der Waals surface area contributed by atoms with Gasteiger partial charge in [0.05, 0.1) is 22.3 Å². The molecule has 0 radical (unpaired) electrons. The van der Waals surface area contributed by atoms with Gasteiger partial charge >= 0.3 is 0 Å². The van der Waals surface area contributed by atoms with Gasteiger partial charge in [-0.05, 0) is 31.2 Å². The fraction of sp³-hybridized carbons (Fsp3) is 0.222. The summed E-state index contributed by atoms with van der Waals surface area (Å²) in [4.78, 5) is 12.0. The van der Waals surface area contributed by atoms with Crippen LogP contribution in [-0.2, 0) is 11.8 Å². The van der Waals surface area contributed by atoms with E-state index in [1.54, 1.807) is 36.0 Å². The van der Waals surface area contributed by atoms with Gasteiger partial charge in [-0.15, -0.1) is 11.8 Å². The first-order valence-electron chi connectivity index (χ1n) is 7.84. The highest BCUT2D eigenvalue weighted by Crippen LogP contribution is 2.44. The standard InChI is InChI=1S/C18H16FN3O2S/c1-10-16-17(25-9-15(23)20-18(16)22(2)21-10)14-8-7-13(24-14)11-5-3-4-6-12(11)19/h3-8,17H,9H2,1-2H3,(H,20,23)/t17-/m0/s1. The Balaban J connectivity index is 1.78. The van der Waals surface area contributed by atoms with Crippen molar-refractivity contribution in [2.24, 2.45) is 7.05 Å². The third kappa shape index (κ3) is 2.74. The third-order valence-electron chi connectivity index (χ3n) is 4.19. The third-order valence-corrected chi connectivity index (χ3v) is 5.42. The number of benzene rings is 1. The predicted octanol–water partition coefficient (Wildman–Crippen LogP) is 3.90. The van der Waals surface area contributed by atoms with Crippen molar-refractivity contribution < 1.29 is 13.6 Å². The van der Waals surface area contributed by atoms with Crippen molar-refractivity contribution in [3.05, 3.63) is 59.2 Å². The molecule has 25 heavy (non-hydrogen) atoms. The normalized spacial score (nSPS) is 17.1. The Kier molecular flexibility index (Phi) is 3.88. The number of carbonyl (C=O) groups excluding carboxylic acids is 1. The zero-order chi connectivity index (χ0) is 17.6. The summed E-state index contributed by atoms with van der Waals surface area (Å²) in [6.07, 6.45) is 0. The minimum Gasteiger partial charge on any atom is -0.459 e. The van der Waals surface area contributed by atoms with Gasteiger partial charge in [-0.1, -0.05) is 12.1 Å². The lowest BCUT2D eigenvalue weighted by Gasteiger charge is -2.12. The second-order valence-electron chi connectivity index (χ2n) is 5.89. The van der Waals surface area contributed by atoms with Crippen LogP contribution in [0.25, 0.3) is 11.3 Å². The highest BCUT2D eigenvalue weighted by atomic mass is 32.2. The number of halogens is 1. The van der Waals surface area contributed by atoms with Crippen molar-refractivity contribution in [3.8, 4) is 11.3 Å². The molecule has 1 amide bonds. The summed E-state index contributed by atoms with van der Waals surface area (Å²) in [6.45, 7) is 1.91. The highest BCUT2D eigenvalue weighted by molar-refractivity contribution is 8.00. The van der Waals surface area contributed by atoms with Crippen LogP contribution in [0.5, 0.6) is 0 Å². The summed E-state index contributed by atoms with van der Waals surface area (Å²) in [6, 6.07) is 10.1. The fourth-order valence-electron chi connectivity index (χ4n) is 3.07. The van der Waals surface area contributed by atoms with Gasteiger partial charge in [-0.2, -0.15) is 5.10 Å². The van der Waals surface area contributed by atoms with Gasteiger partial charge < -0.3 is 9.73 Å². The van der Waals surface area contributed by atoms with E-state index in [1.807, 2.05) is 13.0 Å². The number of nitrogens with zero attached hydrogens (tertiary/aromatic N) is 2. The minimum atomic E-state index is -0.327. The van der Waals surface area contributed by atoms with E-state index in [9.17, 15) is 9.18 Å². The number of fused-ring (bicyclic) bond motifs is 1. The molecule has 1 aliphatic heterocycles. The molecule has 0 aliphatic carbocycles. The molecule has 0 bridgehead atoms. The van der Waals surface area contributed by atoms with Crippen LogP contribution in [0.1, 0.15) is 22.3 Å². The topological polar surface area (TPSA) is 60.1 Å². The number of hydrogen-bond acceptors (Lipinski definition) is 4. The quantitative estimate of drug-likeness (QED) is 0.756. The SMILES string of the molecule is Cc1nn(C)c2c1[C@H](c1ccc(-c3ccccc3F)o1)SCC(=O)N2. The predicted molar refractivity (Wildman–Crippen MR) is 95.0 cm³/mol. The Morgan fingerprint density at radius 1 is 1.32 bits per heavy atom. The van der Waals surface area contributed by atoms with Gasteiger partial charge in [-0.25, -0.2) is 4.39 Å². The molecule has 7 heteroatoms. The van der Waals surface area contributed by atoms with Crippen LogP contribution in [0.3, 0.4) is 0 Å². The van der Waals surface area contributed by atoms with Gasteiger partial charge in [0.25, 0.3) is 0 Å². The van der Waals surface area contributed by atoms with Crippen LogP contribution in [-0.4, -0.2) is 21.4 Å². The van der Waals surface area contributed by atoms with E-state index in [1.165, 1.54) is 17.8 Å². The molecule has 0 saturated carbocycles. The Morgan fingerprint density at radius 3 is 2.92 bits per heavy atom. The molecule has 1 aromatic carbocycles. The maximum atomic E-state index is 14.0. The number of anilines is 1. The summed E-state index contributed by atoms with van der Waals surface area (Å²) in [7, 11) is 1.80. The van der Waals surface area contributed by atoms with Crippen molar-refractivity contribution in [1.82, 2.24) is 9.78 Å². The lowest BCUT2D eigenvalue weighted by molar-refractivity contribution is -0.113. The number of nitrogens with one attached hydrogen (secondary N) is 1. The number of carbonyl (C=O) groups is 1. The first-order valence-corrected chi connectivity index (χ1v) is 8.89. The maximum absolute atomic E-state index is 14.0. The average Bonchev–Trinajstić information content (AvgIpc) is 3.10. The average molecular weight is 357 g/mol. The fourth-order valence-corrected chi connectivity index (χ4v) is 4.20. The number of thioether (sulfide) groups is 1. The van der Waals surface area contributed by atoms with Crippen molar-refractivity contribution in [2.45, 2.75) is 12.2 Å². The van der Waals surface area contributed by atoms with Gasteiger partial charge in [0.1, 0.15) is 23.2 Å². The molecule has 128 valence electrons. The van der Waals surface area contributed by atoms with Crippen molar-refractivity contribution in [2.75, 3.05) is 11.1 Å². The number of rotatable bonds is 2. The molecule has 1 aliphatic rings. The highest BCUT2D eigenvalue weighted by Gasteiger charge is 2.31. The van der Waals surface area contributed by atoms with Crippen molar-refractivity contribution in [3.63, 3.8) is 0 Å². The number of aryl methyl sites for hydroxylation is 2. The molecule has 2 aromatic heterocycles. The van der Waals surface area contributed by atoms with E-state index in [4.69, 9.17) is 4.42 Å². The zero-order valence-corrected chi connectivity index (χ0v) is 14.6. The summed E-state index contributed by atoms with van der Waals surface area (Å²) in [5, 5.41) is 7.13. The molecule has 1 atom stereocenters. The van der Waals surface area contributed by atoms with Crippen LogP contribution < -0.4 is 5.32 Å². The Hall–Kier alpha value is -2.54. The first kappa shape index (κ1) is 16.0. The zero-order valence-electron chi connectivity index (χ0n) is 13.7. The van der Waals surface area contributed by atoms with Crippen LogP contribution in [0.15, 0.2) is 40.8 Å². The van der Waals surface area contributed by atoms with Crippen LogP contribution >= 0.6 is 11.8 Å². The smallest absolute Gasteiger partial charge is 0.235 e. The van der Waals surface area contributed by atoms with E-state index in [0.717, 1.165) is 11.3 Å². The van der Waals surface area contributed by atoms with E-state index >= 15 is 0 Å². The summed E-state index contributed by atoms with van der Waals surface area (Å²) >= 11 is 1.48. The number of furan rings is 1. The second kappa shape index (κ2) is 6.07. The Morgan fingerprint density at radius 2 is 2.12 bits per heavy atom. The molecular formula is C18H16FN3O2S. The molecular weight excluding hydrogens is 341 g/mol. The molecule has 0 fully saturated rings. The molecule has 5 nitrogen and oxygen atoms in total.